The van der Waals surface area contributed by atoms with Crippen molar-refractivity contribution in [2.24, 2.45) is 0 Å². The van der Waals surface area contributed by atoms with Crippen molar-refractivity contribution in [1.29, 1.82) is 0 Å². The number of ether oxygens (including phenoxy) is 1. The number of carbonyl (C=O) groups excluding carboxylic acids is 1. The van der Waals surface area contributed by atoms with Gasteiger partial charge in [-0.25, -0.2) is 0 Å². The molecule has 0 heterocycles. The molecule has 0 radical (unpaired) electrons. The molecule has 2 N–H and O–H groups in total. The van der Waals surface area contributed by atoms with Gasteiger partial charge < -0.3 is 15.2 Å². The first-order chi connectivity index (χ1) is 8.69. The summed E-state index contributed by atoms with van der Waals surface area (Å²) in [6.45, 7) is 2.01. The Morgan fingerprint density at radius 3 is 2.89 bits per heavy atom. The van der Waals surface area contributed by atoms with Gasteiger partial charge in [-0.3, -0.25) is 4.79 Å². The van der Waals surface area contributed by atoms with Crippen molar-refractivity contribution in [3.63, 3.8) is 0 Å². The van der Waals surface area contributed by atoms with E-state index >= 15 is 0 Å². The van der Waals surface area contributed by atoms with Crippen LogP contribution < -0.4 is 10.1 Å². The molecule has 5 heteroatoms. The van der Waals surface area contributed by atoms with Crippen molar-refractivity contribution in [1.82, 2.24) is 0 Å². The predicted molar refractivity (Wildman–Crippen MR) is 75.2 cm³/mol. The number of carbonyl (C=O) groups is 1. The van der Waals surface area contributed by atoms with Gasteiger partial charge in [0, 0.05) is 6.61 Å². The van der Waals surface area contributed by atoms with E-state index in [1.165, 1.54) is 11.8 Å². The van der Waals surface area contributed by atoms with E-state index in [2.05, 4.69) is 5.32 Å². The molecular weight excluding hydrogens is 250 g/mol. The van der Waals surface area contributed by atoms with Gasteiger partial charge in [0.2, 0.25) is 5.91 Å². The van der Waals surface area contributed by atoms with E-state index in [9.17, 15) is 4.79 Å². The fourth-order valence-corrected chi connectivity index (χ4v) is 2.24. The Bertz CT molecular complexity index is 384. The molecule has 0 fully saturated rings. The van der Waals surface area contributed by atoms with Gasteiger partial charge in [0.25, 0.3) is 0 Å². The van der Waals surface area contributed by atoms with E-state index in [0.717, 1.165) is 5.75 Å². The van der Waals surface area contributed by atoms with E-state index < -0.39 is 0 Å². The normalized spacial score (nSPS) is 11.9. The van der Waals surface area contributed by atoms with Crippen LogP contribution in [0.2, 0.25) is 0 Å². The third-order valence-electron chi connectivity index (χ3n) is 2.40. The Kier molecular flexibility index (Phi) is 6.60. The van der Waals surface area contributed by atoms with Crippen LogP contribution in [0.15, 0.2) is 24.3 Å². The minimum Gasteiger partial charge on any atom is -0.495 e. The Labute approximate surface area is 112 Å². The van der Waals surface area contributed by atoms with Gasteiger partial charge in [-0.05, 0) is 31.2 Å². The maximum absolute atomic E-state index is 11.9. The Balaban J connectivity index is 2.53. The molecule has 1 rings (SSSR count). The summed E-state index contributed by atoms with van der Waals surface area (Å²) in [5.74, 6) is 1.37. The maximum atomic E-state index is 11.9. The average molecular weight is 269 g/mol. The second kappa shape index (κ2) is 8.00. The number of rotatable bonds is 7. The first-order valence-electron chi connectivity index (χ1n) is 5.85. The zero-order chi connectivity index (χ0) is 13.4. The van der Waals surface area contributed by atoms with Gasteiger partial charge >= 0.3 is 0 Å². The van der Waals surface area contributed by atoms with Crippen molar-refractivity contribution in [2.45, 2.75) is 18.6 Å². The highest BCUT2D eigenvalue weighted by atomic mass is 32.2. The molecule has 1 aromatic rings. The van der Waals surface area contributed by atoms with E-state index in [1.807, 2.05) is 25.1 Å². The number of anilines is 1. The van der Waals surface area contributed by atoms with E-state index in [1.54, 1.807) is 13.2 Å². The minimum absolute atomic E-state index is 0.0533. The lowest BCUT2D eigenvalue weighted by atomic mass is 10.3. The third-order valence-corrected chi connectivity index (χ3v) is 3.64. The van der Waals surface area contributed by atoms with Crippen LogP contribution in [0.3, 0.4) is 0 Å². The van der Waals surface area contributed by atoms with Gasteiger partial charge in [0.05, 0.1) is 18.0 Å². The standard InChI is InChI=1S/C13H19NO3S/c1-10(18-9-5-8-15)13(16)14-11-6-3-4-7-12(11)17-2/h3-4,6-7,10,15H,5,8-9H2,1-2H3,(H,14,16). The highest BCUT2D eigenvalue weighted by Crippen LogP contribution is 2.24. The Hall–Kier alpha value is -1.20. The zero-order valence-electron chi connectivity index (χ0n) is 10.7. The molecule has 1 aromatic carbocycles. The number of hydrogen-bond acceptors (Lipinski definition) is 4. The minimum atomic E-state index is -0.151. The summed E-state index contributed by atoms with van der Waals surface area (Å²) in [5.41, 5.74) is 0.680. The zero-order valence-corrected chi connectivity index (χ0v) is 11.5. The third kappa shape index (κ3) is 4.58. The topological polar surface area (TPSA) is 58.6 Å². The quantitative estimate of drug-likeness (QED) is 0.745. The summed E-state index contributed by atoms with van der Waals surface area (Å²) < 4.78 is 5.17. The lowest BCUT2D eigenvalue weighted by Crippen LogP contribution is -2.23. The highest BCUT2D eigenvalue weighted by Gasteiger charge is 2.14. The molecule has 1 unspecified atom stereocenters. The maximum Gasteiger partial charge on any atom is 0.237 e. The lowest BCUT2D eigenvalue weighted by molar-refractivity contribution is -0.115. The van der Waals surface area contributed by atoms with Crippen molar-refractivity contribution >= 4 is 23.4 Å². The van der Waals surface area contributed by atoms with Gasteiger partial charge in [0.15, 0.2) is 0 Å². The van der Waals surface area contributed by atoms with Crippen molar-refractivity contribution < 1.29 is 14.6 Å². The number of methoxy groups -OCH3 is 1. The van der Waals surface area contributed by atoms with E-state index in [-0.39, 0.29) is 17.8 Å². The van der Waals surface area contributed by atoms with Gasteiger partial charge in [-0.1, -0.05) is 12.1 Å². The first kappa shape index (κ1) is 14.9. The monoisotopic (exact) mass is 269 g/mol. The van der Waals surface area contributed by atoms with Gasteiger partial charge in [0.1, 0.15) is 5.75 Å². The summed E-state index contributed by atoms with van der Waals surface area (Å²) in [6, 6.07) is 7.32. The molecule has 0 saturated carbocycles. The SMILES string of the molecule is COc1ccccc1NC(=O)C(C)SCCCO. The summed E-state index contributed by atoms with van der Waals surface area (Å²) >= 11 is 1.53. The van der Waals surface area contributed by atoms with Crippen molar-refractivity contribution in [3.8, 4) is 5.75 Å². The lowest BCUT2D eigenvalue weighted by Gasteiger charge is -2.13. The molecule has 0 saturated heterocycles. The van der Waals surface area contributed by atoms with E-state index in [0.29, 0.717) is 17.9 Å². The van der Waals surface area contributed by atoms with Gasteiger partial charge in [-0.2, -0.15) is 0 Å². The number of aliphatic hydroxyl groups is 1. The van der Waals surface area contributed by atoms with Crippen molar-refractivity contribution in [2.75, 3.05) is 24.8 Å². The summed E-state index contributed by atoms with van der Waals surface area (Å²) in [5, 5.41) is 11.4. The molecule has 1 amide bonds. The number of amides is 1. The molecule has 0 aliphatic rings. The van der Waals surface area contributed by atoms with Crippen LogP contribution in [0, 0.1) is 0 Å². The predicted octanol–water partition coefficient (Wildman–Crippen LogP) is 2.14. The molecule has 18 heavy (non-hydrogen) atoms. The highest BCUT2D eigenvalue weighted by molar-refractivity contribution is 8.00. The van der Waals surface area contributed by atoms with Crippen LogP contribution in [0.4, 0.5) is 5.69 Å². The Morgan fingerprint density at radius 1 is 1.50 bits per heavy atom. The molecule has 0 bridgehead atoms. The summed E-state index contributed by atoms with van der Waals surface area (Å²) in [4.78, 5) is 11.9. The molecule has 100 valence electrons. The number of benzene rings is 1. The number of nitrogens with one attached hydrogen (secondary N) is 1. The summed E-state index contributed by atoms with van der Waals surface area (Å²) in [7, 11) is 1.57. The van der Waals surface area contributed by atoms with Crippen LogP contribution in [0.25, 0.3) is 0 Å². The molecule has 1 atom stereocenters. The van der Waals surface area contributed by atoms with E-state index in [4.69, 9.17) is 9.84 Å². The number of aliphatic hydroxyl groups excluding tert-OH is 1. The summed E-state index contributed by atoms with van der Waals surface area (Å²) in [6.07, 6.45) is 0.705. The average Bonchev–Trinajstić information content (AvgIpc) is 2.39. The molecule has 4 nitrogen and oxygen atoms in total. The van der Waals surface area contributed by atoms with Gasteiger partial charge in [-0.15, -0.1) is 11.8 Å². The Morgan fingerprint density at radius 2 is 2.22 bits per heavy atom. The fourth-order valence-electron chi connectivity index (χ4n) is 1.38. The smallest absolute Gasteiger partial charge is 0.237 e. The molecule has 0 spiro atoms. The van der Waals surface area contributed by atoms with Crippen LogP contribution in [0.1, 0.15) is 13.3 Å². The number of thioether (sulfide) groups is 1. The van der Waals surface area contributed by atoms with Crippen LogP contribution in [-0.4, -0.2) is 35.7 Å². The molecule has 0 aliphatic carbocycles. The number of para-hydroxylation sites is 2. The first-order valence-corrected chi connectivity index (χ1v) is 6.90. The molecule has 0 aliphatic heterocycles. The number of hydrogen-bond donors (Lipinski definition) is 2. The van der Waals surface area contributed by atoms with Crippen LogP contribution in [-0.2, 0) is 4.79 Å². The second-order valence-electron chi connectivity index (χ2n) is 3.78. The molecule has 0 aromatic heterocycles. The second-order valence-corrected chi connectivity index (χ2v) is 5.23. The molecular formula is C13H19NO3S. The fraction of sp³-hybridized carbons (Fsp3) is 0.462. The van der Waals surface area contributed by atoms with Crippen molar-refractivity contribution in [3.05, 3.63) is 24.3 Å². The largest absolute Gasteiger partial charge is 0.495 e. The van der Waals surface area contributed by atoms with Crippen LogP contribution in [0.5, 0.6) is 5.75 Å². The van der Waals surface area contributed by atoms with Crippen LogP contribution >= 0.6 is 11.8 Å².